The molecule has 1 aromatic carbocycles. The van der Waals surface area contributed by atoms with E-state index < -0.39 is 17.8 Å². The number of carbonyl (C=O) groups excluding carboxylic acids is 1. The van der Waals surface area contributed by atoms with Crippen molar-refractivity contribution in [2.45, 2.75) is 12.8 Å². The van der Waals surface area contributed by atoms with Crippen molar-refractivity contribution in [1.29, 1.82) is 0 Å². The summed E-state index contributed by atoms with van der Waals surface area (Å²) in [6.07, 6.45) is 5.24. The van der Waals surface area contributed by atoms with Crippen LogP contribution in [0.25, 0.3) is 0 Å². The fourth-order valence-electron chi connectivity index (χ4n) is 3.62. The Morgan fingerprint density at radius 3 is 2.41 bits per heavy atom. The van der Waals surface area contributed by atoms with Gasteiger partial charge in [-0.3, -0.25) is 9.59 Å². The molecule has 1 aromatic rings. The molecule has 4 atom stereocenters. The second-order valence-electron chi connectivity index (χ2n) is 6.01. The third-order valence-corrected chi connectivity index (χ3v) is 4.67. The van der Waals surface area contributed by atoms with Gasteiger partial charge in [-0.2, -0.15) is 0 Å². The second-order valence-corrected chi connectivity index (χ2v) is 6.01. The molecule has 0 radical (unpaired) electrons. The summed E-state index contributed by atoms with van der Waals surface area (Å²) in [5, 5.41) is 12.2. The quantitative estimate of drug-likeness (QED) is 0.818. The molecule has 0 heterocycles. The molecule has 3 rings (SSSR count). The number of hydrogen-bond acceptors (Lipinski definition) is 2. The zero-order valence-electron chi connectivity index (χ0n) is 12.0. The zero-order chi connectivity index (χ0) is 15.7. The number of hydrogen-bond donors (Lipinski definition) is 2. The smallest absolute Gasteiger partial charge is 0.307 e. The standard InChI is InChI=1S/C17H18FNO3/c18-13-5-1-10(2-6-13)7-8-19-16(20)14-11-3-4-12(9-11)15(14)17(21)22/h1-6,11-12,14-15H,7-9H2,(H,19,20)(H,21,22)/t11-,12+,14-,15+/m0/s1. The minimum atomic E-state index is -0.893. The Morgan fingerprint density at radius 2 is 1.77 bits per heavy atom. The van der Waals surface area contributed by atoms with Crippen LogP contribution in [0.4, 0.5) is 4.39 Å². The molecule has 0 spiro atoms. The van der Waals surface area contributed by atoms with Crippen LogP contribution in [0.5, 0.6) is 0 Å². The average Bonchev–Trinajstić information content (AvgIpc) is 3.09. The van der Waals surface area contributed by atoms with Crippen LogP contribution in [0.2, 0.25) is 0 Å². The minimum absolute atomic E-state index is 0.0182. The van der Waals surface area contributed by atoms with Gasteiger partial charge in [-0.25, -0.2) is 4.39 Å². The van der Waals surface area contributed by atoms with Crippen molar-refractivity contribution in [3.05, 3.63) is 47.8 Å². The van der Waals surface area contributed by atoms with Crippen LogP contribution in [-0.2, 0) is 16.0 Å². The van der Waals surface area contributed by atoms with Gasteiger partial charge in [0.05, 0.1) is 11.8 Å². The van der Waals surface area contributed by atoms with Crippen molar-refractivity contribution in [3.63, 3.8) is 0 Å². The highest BCUT2D eigenvalue weighted by atomic mass is 19.1. The molecule has 5 heteroatoms. The van der Waals surface area contributed by atoms with Crippen molar-refractivity contribution in [2.75, 3.05) is 6.54 Å². The molecule has 2 N–H and O–H groups in total. The van der Waals surface area contributed by atoms with E-state index in [9.17, 15) is 19.1 Å². The average molecular weight is 303 g/mol. The summed E-state index contributed by atoms with van der Waals surface area (Å²) >= 11 is 0. The molecule has 0 aliphatic heterocycles. The maximum absolute atomic E-state index is 12.8. The molecule has 1 saturated carbocycles. The Kier molecular flexibility index (Phi) is 3.96. The van der Waals surface area contributed by atoms with E-state index >= 15 is 0 Å². The number of carboxylic acids is 1. The van der Waals surface area contributed by atoms with Crippen molar-refractivity contribution in [1.82, 2.24) is 5.32 Å². The number of carbonyl (C=O) groups is 2. The molecule has 1 amide bonds. The maximum atomic E-state index is 12.8. The van der Waals surface area contributed by atoms with E-state index in [1.165, 1.54) is 12.1 Å². The number of benzene rings is 1. The van der Waals surface area contributed by atoms with E-state index in [0.717, 1.165) is 12.0 Å². The molecule has 116 valence electrons. The van der Waals surface area contributed by atoms with Crippen LogP contribution in [-0.4, -0.2) is 23.5 Å². The fraction of sp³-hybridized carbons (Fsp3) is 0.412. The van der Waals surface area contributed by atoms with Gasteiger partial charge in [0.15, 0.2) is 0 Å². The lowest BCUT2D eigenvalue weighted by molar-refractivity contribution is -0.147. The summed E-state index contributed by atoms with van der Waals surface area (Å²) in [6, 6.07) is 6.14. The van der Waals surface area contributed by atoms with E-state index in [-0.39, 0.29) is 23.6 Å². The van der Waals surface area contributed by atoms with Gasteiger partial charge in [0.2, 0.25) is 5.91 Å². The Bertz CT molecular complexity index is 611. The van der Waals surface area contributed by atoms with E-state index in [2.05, 4.69) is 5.32 Å². The Labute approximate surface area is 128 Å². The third kappa shape index (κ3) is 2.75. The summed E-state index contributed by atoms with van der Waals surface area (Å²) in [5.41, 5.74) is 0.935. The van der Waals surface area contributed by atoms with Crippen molar-refractivity contribution in [3.8, 4) is 0 Å². The van der Waals surface area contributed by atoms with Crippen LogP contribution < -0.4 is 5.32 Å². The summed E-state index contributed by atoms with van der Waals surface area (Å²) in [6.45, 7) is 0.425. The van der Waals surface area contributed by atoms with Gasteiger partial charge in [0.1, 0.15) is 5.82 Å². The molecule has 1 fully saturated rings. The number of aliphatic carboxylic acids is 1. The zero-order valence-corrected chi connectivity index (χ0v) is 12.0. The van der Waals surface area contributed by atoms with Crippen LogP contribution in [0, 0.1) is 29.5 Å². The van der Waals surface area contributed by atoms with E-state index in [0.29, 0.717) is 13.0 Å². The van der Waals surface area contributed by atoms with E-state index in [1.54, 1.807) is 12.1 Å². The molecule has 4 nitrogen and oxygen atoms in total. The first-order valence-corrected chi connectivity index (χ1v) is 7.49. The van der Waals surface area contributed by atoms with Gasteiger partial charge in [-0.05, 0) is 42.4 Å². The van der Waals surface area contributed by atoms with Gasteiger partial charge >= 0.3 is 5.97 Å². The number of carboxylic acid groups (broad SMARTS) is 1. The lowest BCUT2D eigenvalue weighted by atomic mass is 9.82. The Morgan fingerprint density at radius 1 is 1.14 bits per heavy atom. The van der Waals surface area contributed by atoms with Crippen molar-refractivity contribution >= 4 is 11.9 Å². The number of halogens is 1. The predicted molar refractivity (Wildman–Crippen MR) is 78.5 cm³/mol. The van der Waals surface area contributed by atoms with Crippen LogP contribution in [0.1, 0.15) is 12.0 Å². The molecule has 2 bridgehead atoms. The first-order chi connectivity index (χ1) is 10.6. The molecule has 0 saturated heterocycles. The first kappa shape index (κ1) is 14.8. The molecular formula is C17H18FNO3. The normalized spacial score (nSPS) is 28.8. The maximum Gasteiger partial charge on any atom is 0.307 e. The number of fused-ring (bicyclic) bond motifs is 2. The second kappa shape index (κ2) is 5.91. The molecule has 22 heavy (non-hydrogen) atoms. The highest BCUT2D eigenvalue weighted by Crippen LogP contribution is 2.48. The highest BCUT2D eigenvalue weighted by Gasteiger charge is 2.51. The summed E-state index contributed by atoms with van der Waals surface area (Å²) in [4.78, 5) is 23.7. The van der Waals surface area contributed by atoms with Crippen molar-refractivity contribution < 1.29 is 19.1 Å². The van der Waals surface area contributed by atoms with Gasteiger partial charge in [0.25, 0.3) is 0 Å². The van der Waals surface area contributed by atoms with Crippen LogP contribution in [0.15, 0.2) is 36.4 Å². The van der Waals surface area contributed by atoms with E-state index in [4.69, 9.17) is 0 Å². The van der Waals surface area contributed by atoms with Gasteiger partial charge in [-0.15, -0.1) is 0 Å². The summed E-state index contributed by atoms with van der Waals surface area (Å²) in [7, 11) is 0. The predicted octanol–water partition coefficient (Wildman–Crippen LogP) is 2.01. The van der Waals surface area contributed by atoms with Gasteiger partial charge < -0.3 is 10.4 Å². The molecular weight excluding hydrogens is 285 g/mol. The Hall–Kier alpha value is -2.17. The monoisotopic (exact) mass is 303 g/mol. The first-order valence-electron chi connectivity index (χ1n) is 7.49. The van der Waals surface area contributed by atoms with E-state index in [1.807, 2.05) is 12.2 Å². The lowest BCUT2D eigenvalue weighted by Crippen LogP contribution is -2.40. The van der Waals surface area contributed by atoms with Gasteiger partial charge in [-0.1, -0.05) is 24.3 Å². The molecule has 2 aliphatic rings. The molecule has 2 aliphatic carbocycles. The van der Waals surface area contributed by atoms with Gasteiger partial charge in [0, 0.05) is 6.54 Å². The minimum Gasteiger partial charge on any atom is -0.481 e. The Balaban J connectivity index is 1.56. The third-order valence-electron chi connectivity index (χ3n) is 4.67. The highest BCUT2D eigenvalue weighted by molar-refractivity contribution is 5.86. The summed E-state index contributed by atoms with van der Waals surface area (Å²) < 4.78 is 12.8. The molecule has 0 aromatic heterocycles. The fourth-order valence-corrected chi connectivity index (χ4v) is 3.62. The summed E-state index contributed by atoms with van der Waals surface area (Å²) in [5.74, 6) is -2.43. The topological polar surface area (TPSA) is 66.4 Å². The lowest BCUT2D eigenvalue weighted by Gasteiger charge is -2.23. The van der Waals surface area contributed by atoms with Crippen LogP contribution in [0.3, 0.4) is 0 Å². The largest absolute Gasteiger partial charge is 0.481 e. The number of rotatable bonds is 5. The van der Waals surface area contributed by atoms with Crippen LogP contribution >= 0.6 is 0 Å². The SMILES string of the molecule is O=C(NCCc1ccc(F)cc1)[C@@H]1[C@H](C(=O)O)[C@@H]2C=C[C@H]1C2. The van der Waals surface area contributed by atoms with Crippen molar-refractivity contribution in [2.24, 2.45) is 23.7 Å². The number of nitrogens with one attached hydrogen (secondary N) is 1. The number of amides is 1. The molecule has 0 unspecified atom stereocenters. The number of allylic oxidation sites excluding steroid dienone is 2.